The van der Waals surface area contributed by atoms with Crippen LogP contribution in [0.4, 0.5) is 5.69 Å². The lowest BCUT2D eigenvalue weighted by molar-refractivity contribution is -0.147. The fourth-order valence-corrected chi connectivity index (χ4v) is 4.54. The van der Waals surface area contributed by atoms with Gasteiger partial charge in [-0.15, -0.1) is 11.3 Å². The molecule has 0 bridgehead atoms. The molecule has 1 atom stereocenters. The molecule has 138 valence electrons. The number of thiazole rings is 1. The molecule has 1 fully saturated rings. The first-order valence-electron chi connectivity index (χ1n) is 9.01. The van der Waals surface area contributed by atoms with E-state index in [0.29, 0.717) is 13.2 Å². The van der Waals surface area contributed by atoms with Crippen molar-refractivity contribution in [2.24, 2.45) is 5.92 Å². The highest BCUT2D eigenvalue weighted by Gasteiger charge is 2.36. The summed E-state index contributed by atoms with van der Waals surface area (Å²) in [5, 5.41) is 0.934. The minimum atomic E-state index is -0.400. The maximum atomic E-state index is 12.5. The van der Waals surface area contributed by atoms with Gasteiger partial charge in [0.05, 0.1) is 22.7 Å². The van der Waals surface area contributed by atoms with Crippen molar-refractivity contribution in [3.05, 3.63) is 48.0 Å². The molecule has 2 aromatic carbocycles. The summed E-state index contributed by atoms with van der Waals surface area (Å²) in [5.41, 5.74) is 3.82. The van der Waals surface area contributed by atoms with Crippen LogP contribution in [0.25, 0.3) is 20.8 Å². The van der Waals surface area contributed by atoms with Crippen molar-refractivity contribution in [1.29, 1.82) is 0 Å². The molecule has 1 aromatic heterocycles. The summed E-state index contributed by atoms with van der Waals surface area (Å²) in [6.45, 7) is 4.47. The molecule has 0 spiro atoms. The third-order valence-corrected chi connectivity index (χ3v) is 5.93. The van der Waals surface area contributed by atoms with Gasteiger partial charge < -0.3 is 9.64 Å². The van der Waals surface area contributed by atoms with E-state index in [4.69, 9.17) is 9.72 Å². The van der Waals surface area contributed by atoms with Crippen LogP contribution in [0, 0.1) is 12.8 Å². The second kappa shape index (κ2) is 7.12. The molecule has 5 nitrogen and oxygen atoms in total. The number of nitrogens with zero attached hydrogens (tertiary/aromatic N) is 2. The Kier molecular flexibility index (Phi) is 4.66. The zero-order valence-corrected chi connectivity index (χ0v) is 16.1. The van der Waals surface area contributed by atoms with Gasteiger partial charge in [-0.25, -0.2) is 4.98 Å². The fraction of sp³-hybridized carbons (Fsp3) is 0.286. The Morgan fingerprint density at radius 3 is 2.85 bits per heavy atom. The second-order valence-electron chi connectivity index (χ2n) is 6.59. The van der Waals surface area contributed by atoms with Crippen LogP contribution in [0.15, 0.2) is 42.5 Å². The molecule has 4 rings (SSSR count). The largest absolute Gasteiger partial charge is 0.466 e. The molecule has 27 heavy (non-hydrogen) atoms. The van der Waals surface area contributed by atoms with Crippen molar-refractivity contribution in [1.82, 2.24) is 4.98 Å². The molecule has 0 N–H and O–H groups in total. The Balaban J connectivity index is 1.68. The van der Waals surface area contributed by atoms with Crippen LogP contribution in [-0.4, -0.2) is 30.0 Å². The Labute approximate surface area is 161 Å². The van der Waals surface area contributed by atoms with Gasteiger partial charge in [0.2, 0.25) is 5.91 Å². The number of fused-ring (bicyclic) bond motifs is 1. The van der Waals surface area contributed by atoms with Crippen LogP contribution in [-0.2, 0) is 14.3 Å². The van der Waals surface area contributed by atoms with E-state index in [9.17, 15) is 9.59 Å². The average Bonchev–Trinajstić information content (AvgIpc) is 3.26. The maximum absolute atomic E-state index is 12.5. The quantitative estimate of drug-likeness (QED) is 0.637. The number of benzene rings is 2. The van der Waals surface area contributed by atoms with Gasteiger partial charge in [0.1, 0.15) is 5.01 Å². The third-order valence-electron chi connectivity index (χ3n) is 4.87. The highest BCUT2D eigenvalue weighted by atomic mass is 32.1. The van der Waals surface area contributed by atoms with Gasteiger partial charge in [-0.3, -0.25) is 9.59 Å². The van der Waals surface area contributed by atoms with Gasteiger partial charge >= 0.3 is 5.97 Å². The van der Waals surface area contributed by atoms with Crippen molar-refractivity contribution < 1.29 is 14.3 Å². The smallest absolute Gasteiger partial charge is 0.311 e. The van der Waals surface area contributed by atoms with E-state index in [-0.39, 0.29) is 18.3 Å². The maximum Gasteiger partial charge on any atom is 0.311 e. The van der Waals surface area contributed by atoms with Crippen molar-refractivity contribution in [2.75, 3.05) is 18.1 Å². The lowest BCUT2D eigenvalue weighted by Crippen LogP contribution is -2.27. The third kappa shape index (κ3) is 3.21. The standard InChI is InChI=1S/C21H20N2O3S/c1-3-26-21(25)14-11-19(24)23(12-14)17-9-6-7-15(13(17)2)20-22-16-8-4-5-10-18(16)27-20/h4-10,14H,3,11-12H2,1-2H3/t14-/m1/s1. The number of carbonyl (C=O) groups is 2. The minimum absolute atomic E-state index is 0.0439. The average molecular weight is 380 g/mol. The van der Waals surface area contributed by atoms with Gasteiger partial charge in [-0.2, -0.15) is 0 Å². The summed E-state index contributed by atoms with van der Waals surface area (Å²) >= 11 is 1.64. The first-order valence-corrected chi connectivity index (χ1v) is 9.82. The first kappa shape index (κ1) is 17.7. The van der Waals surface area contributed by atoms with Crippen LogP contribution in [0.3, 0.4) is 0 Å². The molecule has 1 aliphatic heterocycles. The molecule has 0 unspecified atom stereocenters. The Bertz CT molecular complexity index is 994. The Morgan fingerprint density at radius 2 is 2.07 bits per heavy atom. The van der Waals surface area contributed by atoms with Crippen molar-refractivity contribution >= 4 is 39.1 Å². The minimum Gasteiger partial charge on any atom is -0.466 e. The number of hydrogen-bond acceptors (Lipinski definition) is 5. The number of hydrogen-bond donors (Lipinski definition) is 0. The predicted octanol–water partition coefficient (Wildman–Crippen LogP) is 4.19. The fourth-order valence-electron chi connectivity index (χ4n) is 3.49. The number of amides is 1. The predicted molar refractivity (Wildman–Crippen MR) is 107 cm³/mol. The van der Waals surface area contributed by atoms with Gasteiger partial charge in [-0.05, 0) is 37.6 Å². The van der Waals surface area contributed by atoms with Crippen molar-refractivity contribution in [3.63, 3.8) is 0 Å². The molecule has 2 heterocycles. The van der Waals surface area contributed by atoms with Gasteiger partial charge in [0.25, 0.3) is 0 Å². The van der Waals surface area contributed by atoms with E-state index in [1.165, 1.54) is 0 Å². The van der Waals surface area contributed by atoms with Crippen LogP contribution in [0.1, 0.15) is 18.9 Å². The lowest BCUT2D eigenvalue weighted by Gasteiger charge is -2.20. The number of esters is 1. The summed E-state index contributed by atoms with van der Waals surface area (Å²) in [6, 6.07) is 13.9. The molecule has 6 heteroatoms. The zero-order valence-electron chi connectivity index (χ0n) is 15.3. The number of anilines is 1. The monoisotopic (exact) mass is 380 g/mol. The first-order chi connectivity index (χ1) is 13.1. The van der Waals surface area contributed by atoms with E-state index in [1.807, 2.05) is 43.3 Å². The summed E-state index contributed by atoms with van der Waals surface area (Å²) in [6.07, 6.45) is 0.198. The molecular weight excluding hydrogens is 360 g/mol. The molecule has 0 aliphatic carbocycles. The Morgan fingerprint density at radius 1 is 1.26 bits per heavy atom. The molecule has 1 amide bonds. The SMILES string of the molecule is CCOC(=O)[C@@H]1CC(=O)N(c2cccc(-c3nc4ccccc4s3)c2C)C1. The zero-order chi connectivity index (χ0) is 19.0. The molecule has 1 saturated heterocycles. The highest BCUT2D eigenvalue weighted by Crippen LogP contribution is 2.37. The summed E-state index contributed by atoms with van der Waals surface area (Å²) < 4.78 is 6.23. The van der Waals surface area contributed by atoms with Gasteiger partial charge in [-0.1, -0.05) is 24.3 Å². The number of rotatable bonds is 4. The topological polar surface area (TPSA) is 59.5 Å². The van der Waals surface area contributed by atoms with E-state index in [2.05, 4.69) is 6.07 Å². The normalized spacial score (nSPS) is 16.9. The molecule has 3 aromatic rings. The van der Waals surface area contributed by atoms with Gasteiger partial charge in [0.15, 0.2) is 0 Å². The summed E-state index contributed by atoms with van der Waals surface area (Å²) in [4.78, 5) is 31.0. The molecule has 0 saturated carbocycles. The van der Waals surface area contributed by atoms with E-state index >= 15 is 0 Å². The van der Waals surface area contributed by atoms with Gasteiger partial charge in [0, 0.05) is 24.2 Å². The number of ether oxygens (including phenoxy) is 1. The molecule has 0 radical (unpaired) electrons. The van der Waals surface area contributed by atoms with E-state index < -0.39 is 5.92 Å². The number of para-hydroxylation sites is 1. The van der Waals surface area contributed by atoms with Crippen LogP contribution >= 0.6 is 11.3 Å². The van der Waals surface area contributed by atoms with E-state index in [1.54, 1.807) is 23.2 Å². The molecule has 1 aliphatic rings. The van der Waals surface area contributed by atoms with Crippen molar-refractivity contribution in [3.8, 4) is 10.6 Å². The summed E-state index contributed by atoms with van der Waals surface area (Å²) in [5.74, 6) is -0.742. The number of aromatic nitrogens is 1. The van der Waals surface area contributed by atoms with E-state index in [0.717, 1.165) is 32.0 Å². The number of carbonyl (C=O) groups excluding carboxylic acids is 2. The lowest BCUT2D eigenvalue weighted by atomic mass is 10.1. The van der Waals surface area contributed by atoms with Crippen LogP contribution in [0.2, 0.25) is 0 Å². The summed E-state index contributed by atoms with van der Waals surface area (Å²) in [7, 11) is 0. The van der Waals surface area contributed by atoms with Crippen LogP contribution < -0.4 is 4.90 Å². The molecular formula is C21H20N2O3S. The second-order valence-corrected chi connectivity index (χ2v) is 7.62. The van der Waals surface area contributed by atoms with Crippen LogP contribution in [0.5, 0.6) is 0 Å². The highest BCUT2D eigenvalue weighted by molar-refractivity contribution is 7.21. The van der Waals surface area contributed by atoms with Crippen molar-refractivity contribution in [2.45, 2.75) is 20.3 Å². The Hall–Kier alpha value is -2.73.